The molecule has 1 aromatic heterocycles. The molecule has 11 heteroatoms. The Morgan fingerprint density at radius 2 is 1.74 bits per heavy atom. The molecule has 5 N–H and O–H groups in total. The summed E-state index contributed by atoms with van der Waals surface area (Å²) in [6.45, 7) is 9.06. The summed E-state index contributed by atoms with van der Waals surface area (Å²) in [5, 5.41) is 13.8. The zero-order chi connectivity index (χ0) is 31.5. The molecule has 1 saturated heterocycles. The number of nitrogen functional groups attached to an aromatic ring is 1. The van der Waals surface area contributed by atoms with Gasteiger partial charge in [0.15, 0.2) is 0 Å². The number of hydrogen-bond donors (Lipinski definition) is 4. The van der Waals surface area contributed by atoms with Crippen molar-refractivity contribution in [2.24, 2.45) is 5.73 Å². The van der Waals surface area contributed by atoms with Crippen molar-refractivity contribution in [2.75, 3.05) is 50.9 Å². The number of benzene rings is 2. The maximum atomic E-state index is 14.0. The second-order valence-corrected chi connectivity index (χ2v) is 11.1. The average molecular weight is 594 g/mol. The van der Waals surface area contributed by atoms with E-state index in [9.17, 15) is 18.0 Å². The number of aromatic nitrogens is 1. The van der Waals surface area contributed by atoms with Gasteiger partial charge in [-0.2, -0.15) is 13.2 Å². The van der Waals surface area contributed by atoms with Crippen LogP contribution in [0.1, 0.15) is 63.6 Å². The summed E-state index contributed by atoms with van der Waals surface area (Å²) in [5.74, 6) is 6.19. The van der Waals surface area contributed by atoms with Gasteiger partial charge >= 0.3 is 6.18 Å². The van der Waals surface area contributed by atoms with Gasteiger partial charge in [-0.25, -0.2) is 0 Å². The van der Waals surface area contributed by atoms with Crippen LogP contribution in [0.2, 0.25) is 0 Å². The number of alkyl halides is 3. The van der Waals surface area contributed by atoms with Crippen molar-refractivity contribution < 1.29 is 18.0 Å². The minimum absolute atomic E-state index is 0.0633. The number of piperazine rings is 1. The molecule has 1 amide bonds. The highest BCUT2D eigenvalue weighted by Gasteiger charge is 2.34. The molecular formula is C32H38F3N7O. The number of halogens is 3. The van der Waals surface area contributed by atoms with Crippen molar-refractivity contribution in [2.45, 2.75) is 39.5 Å². The van der Waals surface area contributed by atoms with E-state index in [2.05, 4.69) is 27.4 Å². The summed E-state index contributed by atoms with van der Waals surface area (Å²) in [6, 6.07) is 9.01. The molecular weight excluding hydrogens is 555 g/mol. The number of carbonyl (C=O) groups is 1. The third-order valence-electron chi connectivity index (χ3n) is 7.59. The number of anilines is 2. The van der Waals surface area contributed by atoms with E-state index in [1.165, 1.54) is 12.1 Å². The molecule has 1 aliphatic rings. The minimum atomic E-state index is -4.56. The quantitative estimate of drug-likeness (QED) is 0.173. The Balaban J connectivity index is 1.58. The highest BCUT2D eigenvalue weighted by molar-refractivity contribution is 6.05. The van der Waals surface area contributed by atoms with Gasteiger partial charge in [0.1, 0.15) is 11.7 Å². The van der Waals surface area contributed by atoms with E-state index in [-0.39, 0.29) is 35.2 Å². The molecule has 4 rings (SSSR count). The summed E-state index contributed by atoms with van der Waals surface area (Å²) in [6.07, 6.45) is -2.73. The third-order valence-corrected chi connectivity index (χ3v) is 7.59. The van der Waals surface area contributed by atoms with E-state index in [1.807, 2.05) is 43.5 Å². The molecule has 0 radical (unpaired) electrons. The molecule has 3 aromatic rings. The Labute approximate surface area is 250 Å². The van der Waals surface area contributed by atoms with E-state index < -0.39 is 17.6 Å². The highest BCUT2D eigenvalue weighted by atomic mass is 19.4. The van der Waals surface area contributed by atoms with Crippen LogP contribution in [0.5, 0.6) is 0 Å². The monoisotopic (exact) mass is 593 g/mol. The van der Waals surface area contributed by atoms with Gasteiger partial charge in [0.05, 0.1) is 16.7 Å². The molecule has 2 heterocycles. The van der Waals surface area contributed by atoms with Crippen molar-refractivity contribution in [3.63, 3.8) is 0 Å². The first-order valence-electron chi connectivity index (χ1n) is 14.1. The van der Waals surface area contributed by atoms with Crippen LogP contribution in [-0.4, -0.2) is 66.4 Å². The van der Waals surface area contributed by atoms with Gasteiger partial charge in [0.25, 0.3) is 5.91 Å². The van der Waals surface area contributed by atoms with E-state index in [4.69, 9.17) is 11.1 Å². The van der Waals surface area contributed by atoms with Gasteiger partial charge < -0.3 is 25.8 Å². The Morgan fingerprint density at radius 3 is 2.35 bits per heavy atom. The first-order valence-corrected chi connectivity index (χ1v) is 14.1. The highest BCUT2D eigenvalue weighted by Crippen LogP contribution is 2.35. The number of amidine groups is 1. The second kappa shape index (κ2) is 12.9. The fraction of sp³-hybridized carbons (Fsp3) is 0.375. The first-order chi connectivity index (χ1) is 20.3. The Morgan fingerprint density at radius 1 is 1.07 bits per heavy atom. The van der Waals surface area contributed by atoms with Gasteiger partial charge in [-0.3, -0.25) is 15.1 Å². The number of aryl methyl sites for hydroxylation is 1. The van der Waals surface area contributed by atoms with E-state index in [0.29, 0.717) is 35.6 Å². The number of nitrogens with two attached hydrogens (primary N) is 1. The van der Waals surface area contributed by atoms with Gasteiger partial charge in [0, 0.05) is 68.8 Å². The standard InChI is InChI=1S/C32H38F3N7O/c1-20(2)42-19-25(28(29(36)37)30(42)38-4)9-8-22-16-23(7-6-21(22)3)31(43)39-26-11-10-24(27(17-26)32(33,34)35)18-41-14-12-40(5)13-15-41/h6-7,10-11,16-17,19-20,38H,12-15,18H2,1-5H3,(H3,36,37)(H,39,43). The number of carbonyl (C=O) groups excluding carboxylic acids is 1. The first kappa shape index (κ1) is 31.7. The number of amides is 1. The molecule has 0 unspecified atom stereocenters. The molecule has 0 bridgehead atoms. The lowest BCUT2D eigenvalue weighted by Gasteiger charge is -2.33. The van der Waals surface area contributed by atoms with Gasteiger partial charge in [-0.05, 0) is 63.2 Å². The molecule has 1 aliphatic heterocycles. The predicted octanol–water partition coefficient (Wildman–Crippen LogP) is 5.12. The van der Waals surface area contributed by atoms with Crippen LogP contribution in [0, 0.1) is 24.2 Å². The lowest BCUT2D eigenvalue weighted by Crippen LogP contribution is -2.44. The largest absolute Gasteiger partial charge is 0.416 e. The van der Waals surface area contributed by atoms with Crippen LogP contribution in [0.4, 0.5) is 24.7 Å². The fourth-order valence-electron chi connectivity index (χ4n) is 5.09. The number of nitrogens with one attached hydrogen (secondary N) is 3. The maximum Gasteiger partial charge on any atom is 0.416 e. The molecule has 0 aliphatic carbocycles. The van der Waals surface area contributed by atoms with Crippen LogP contribution in [-0.2, 0) is 12.7 Å². The summed E-state index contributed by atoms with van der Waals surface area (Å²) in [5.41, 5.74) is 8.07. The van der Waals surface area contributed by atoms with E-state index >= 15 is 0 Å². The average Bonchev–Trinajstić information content (AvgIpc) is 3.33. The fourth-order valence-corrected chi connectivity index (χ4v) is 5.09. The van der Waals surface area contributed by atoms with Crippen LogP contribution in [0.3, 0.4) is 0 Å². The van der Waals surface area contributed by atoms with Crippen LogP contribution in [0.25, 0.3) is 0 Å². The predicted molar refractivity (Wildman–Crippen MR) is 165 cm³/mol. The summed E-state index contributed by atoms with van der Waals surface area (Å²) in [7, 11) is 3.75. The van der Waals surface area contributed by atoms with E-state index in [0.717, 1.165) is 24.7 Å². The lowest BCUT2D eigenvalue weighted by atomic mass is 10.0. The molecule has 2 aromatic carbocycles. The molecule has 1 fully saturated rings. The van der Waals surface area contributed by atoms with Crippen LogP contribution < -0.4 is 16.4 Å². The SMILES string of the molecule is CNc1c(C(=N)N)c(C#Cc2cc(C(=O)Nc3ccc(CN4CCN(C)CC4)c(C(F)(F)F)c3)ccc2C)cn1C(C)C. The lowest BCUT2D eigenvalue weighted by molar-refractivity contribution is -0.138. The number of hydrogen-bond acceptors (Lipinski definition) is 5. The maximum absolute atomic E-state index is 14.0. The molecule has 0 atom stereocenters. The number of rotatable bonds is 7. The minimum Gasteiger partial charge on any atom is -0.384 e. The summed E-state index contributed by atoms with van der Waals surface area (Å²) in [4.78, 5) is 17.3. The Kier molecular flexibility index (Phi) is 9.52. The number of likely N-dealkylation sites (N-methyl/N-ethyl adjacent to an activating group) is 1. The zero-order valence-electron chi connectivity index (χ0n) is 25.1. The zero-order valence-corrected chi connectivity index (χ0v) is 25.1. The van der Waals surface area contributed by atoms with Gasteiger partial charge in [-0.1, -0.05) is 24.0 Å². The van der Waals surface area contributed by atoms with Crippen molar-refractivity contribution in [3.05, 3.63) is 81.5 Å². The van der Waals surface area contributed by atoms with E-state index in [1.54, 1.807) is 25.2 Å². The van der Waals surface area contributed by atoms with Gasteiger partial charge in [0.2, 0.25) is 0 Å². The third kappa shape index (κ3) is 7.39. The summed E-state index contributed by atoms with van der Waals surface area (Å²) >= 11 is 0. The smallest absolute Gasteiger partial charge is 0.384 e. The van der Waals surface area contributed by atoms with Crippen LogP contribution in [0.15, 0.2) is 42.6 Å². The normalized spacial score (nSPS) is 14.3. The molecule has 228 valence electrons. The molecule has 0 spiro atoms. The Bertz CT molecular complexity index is 1570. The molecule has 8 nitrogen and oxygen atoms in total. The summed E-state index contributed by atoms with van der Waals surface area (Å²) < 4.78 is 44.0. The van der Waals surface area contributed by atoms with Crippen molar-refractivity contribution >= 4 is 23.2 Å². The Hall–Kier alpha value is -4.27. The van der Waals surface area contributed by atoms with Gasteiger partial charge in [-0.15, -0.1) is 0 Å². The van der Waals surface area contributed by atoms with Crippen LogP contribution >= 0.6 is 0 Å². The molecule has 0 saturated carbocycles. The van der Waals surface area contributed by atoms with Crippen molar-refractivity contribution in [1.82, 2.24) is 14.4 Å². The van der Waals surface area contributed by atoms with Crippen molar-refractivity contribution in [3.8, 4) is 11.8 Å². The second-order valence-electron chi connectivity index (χ2n) is 11.1. The van der Waals surface area contributed by atoms with Crippen molar-refractivity contribution in [1.29, 1.82) is 5.41 Å². The molecule has 43 heavy (non-hydrogen) atoms. The number of nitrogens with zero attached hydrogens (tertiary/aromatic N) is 3. The topological polar surface area (TPSA) is 102 Å².